The Morgan fingerprint density at radius 3 is 2.91 bits per heavy atom. The molecule has 0 bridgehead atoms. The van der Waals surface area contributed by atoms with Gasteiger partial charge in [0, 0.05) is 13.2 Å². The van der Waals surface area contributed by atoms with Crippen LogP contribution in [0.15, 0.2) is 12.1 Å². The van der Waals surface area contributed by atoms with Crippen LogP contribution in [0.3, 0.4) is 0 Å². The largest absolute Gasteiger partial charge is 0.376 e. The molecule has 1 unspecified atom stereocenters. The second-order valence-electron chi connectivity index (χ2n) is 6.23. The molecule has 6 heteroatoms. The lowest BCUT2D eigenvalue weighted by Crippen LogP contribution is -2.46. The van der Waals surface area contributed by atoms with Crippen molar-refractivity contribution in [2.75, 3.05) is 36.5 Å². The molecular weight excluding hydrogens is 294 g/mol. The van der Waals surface area contributed by atoms with Crippen LogP contribution < -0.4 is 15.5 Å². The number of ether oxygens (including phenoxy) is 1. The molecule has 1 fully saturated rings. The van der Waals surface area contributed by atoms with Crippen molar-refractivity contribution < 1.29 is 14.3 Å². The molecular formula is C17H23N3O3. The lowest BCUT2D eigenvalue weighted by Gasteiger charge is -2.30. The van der Waals surface area contributed by atoms with Crippen molar-refractivity contribution in [3.63, 3.8) is 0 Å². The Balaban J connectivity index is 1.68. The highest BCUT2D eigenvalue weighted by molar-refractivity contribution is 6.06. The third kappa shape index (κ3) is 3.47. The topological polar surface area (TPSA) is 70.7 Å². The molecule has 124 valence electrons. The Kier molecular flexibility index (Phi) is 4.52. The summed E-state index contributed by atoms with van der Waals surface area (Å²) in [6.45, 7) is 5.58. The van der Waals surface area contributed by atoms with E-state index in [4.69, 9.17) is 4.74 Å². The SMILES string of the molecule is Cc1cc2c(cc1C)N(CC(=O)NCC1CCCO1)C(=O)CN2. The summed E-state index contributed by atoms with van der Waals surface area (Å²) in [7, 11) is 0. The molecule has 23 heavy (non-hydrogen) atoms. The Labute approximate surface area is 136 Å². The zero-order valence-electron chi connectivity index (χ0n) is 13.6. The molecule has 1 aromatic carbocycles. The highest BCUT2D eigenvalue weighted by Crippen LogP contribution is 2.32. The Morgan fingerprint density at radius 2 is 2.17 bits per heavy atom. The van der Waals surface area contributed by atoms with Gasteiger partial charge in [-0.1, -0.05) is 0 Å². The second-order valence-corrected chi connectivity index (χ2v) is 6.23. The van der Waals surface area contributed by atoms with E-state index in [0.717, 1.165) is 42.0 Å². The van der Waals surface area contributed by atoms with E-state index in [0.29, 0.717) is 6.54 Å². The van der Waals surface area contributed by atoms with Crippen molar-refractivity contribution in [1.29, 1.82) is 0 Å². The Hall–Kier alpha value is -2.08. The normalized spacial score (nSPS) is 20.2. The maximum absolute atomic E-state index is 12.2. The van der Waals surface area contributed by atoms with Crippen LogP contribution in [0.4, 0.5) is 11.4 Å². The summed E-state index contributed by atoms with van der Waals surface area (Å²) in [6, 6.07) is 3.98. The first kappa shape index (κ1) is 15.8. The number of rotatable bonds is 4. The van der Waals surface area contributed by atoms with Gasteiger partial charge >= 0.3 is 0 Å². The van der Waals surface area contributed by atoms with Gasteiger partial charge in [0.2, 0.25) is 11.8 Å². The average Bonchev–Trinajstić information content (AvgIpc) is 3.03. The number of fused-ring (bicyclic) bond motifs is 1. The summed E-state index contributed by atoms with van der Waals surface area (Å²) < 4.78 is 5.49. The van der Waals surface area contributed by atoms with Crippen LogP contribution >= 0.6 is 0 Å². The van der Waals surface area contributed by atoms with Crippen LogP contribution in [0.2, 0.25) is 0 Å². The highest BCUT2D eigenvalue weighted by atomic mass is 16.5. The van der Waals surface area contributed by atoms with Crippen molar-refractivity contribution in [3.05, 3.63) is 23.3 Å². The first-order valence-electron chi connectivity index (χ1n) is 8.08. The van der Waals surface area contributed by atoms with Crippen LogP contribution in [0.1, 0.15) is 24.0 Å². The number of aryl methyl sites for hydroxylation is 2. The number of nitrogens with zero attached hydrogens (tertiary/aromatic N) is 1. The number of benzene rings is 1. The molecule has 0 spiro atoms. The molecule has 0 aliphatic carbocycles. The fourth-order valence-corrected chi connectivity index (χ4v) is 2.97. The third-order valence-electron chi connectivity index (χ3n) is 4.49. The van der Waals surface area contributed by atoms with Crippen LogP contribution in [-0.4, -0.2) is 44.2 Å². The molecule has 2 aliphatic heterocycles. The van der Waals surface area contributed by atoms with Crippen molar-refractivity contribution in [3.8, 4) is 0 Å². The van der Waals surface area contributed by atoms with Gasteiger partial charge in [-0.3, -0.25) is 14.5 Å². The minimum Gasteiger partial charge on any atom is -0.376 e. The molecule has 3 rings (SSSR count). The number of nitrogens with one attached hydrogen (secondary N) is 2. The number of amides is 2. The quantitative estimate of drug-likeness (QED) is 0.879. The van der Waals surface area contributed by atoms with Gasteiger partial charge in [0.15, 0.2) is 0 Å². The zero-order valence-corrected chi connectivity index (χ0v) is 13.6. The summed E-state index contributed by atoms with van der Waals surface area (Å²) >= 11 is 0. The predicted octanol–water partition coefficient (Wildman–Crippen LogP) is 1.36. The van der Waals surface area contributed by atoms with E-state index in [-0.39, 0.29) is 31.0 Å². The summed E-state index contributed by atoms with van der Waals surface area (Å²) in [6.07, 6.45) is 2.13. The van der Waals surface area contributed by atoms with Gasteiger partial charge in [0.1, 0.15) is 6.54 Å². The van der Waals surface area contributed by atoms with Gasteiger partial charge in [-0.05, 0) is 49.9 Å². The number of hydrogen-bond acceptors (Lipinski definition) is 4. The zero-order chi connectivity index (χ0) is 16.4. The Bertz CT molecular complexity index is 624. The maximum atomic E-state index is 12.2. The molecule has 0 aromatic heterocycles. The van der Waals surface area contributed by atoms with Gasteiger partial charge < -0.3 is 15.4 Å². The summed E-state index contributed by atoms with van der Waals surface area (Å²) in [5, 5.41) is 5.99. The third-order valence-corrected chi connectivity index (χ3v) is 4.49. The first-order chi connectivity index (χ1) is 11.0. The maximum Gasteiger partial charge on any atom is 0.246 e. The van der Waals surface area contributed by atoms with E-state index in [1.165, 1.54) is 0 Å². The van der Waals surface area contributed by atoms with Crippen LogP contribution in [0.5, 0.6) is 0 Å². The monoisotopic (exact) mass is 317 g/mol. The minimum atomic E-state index is -0.153. The van der Waals surface area contributed by atoms with E-state index < -0.39 is 0 Å². The molecule has 1 saturated heterocycles. The van der Waals surface area contributed by atoms with Crippen molar-refractivity contribution in [2.45, 2.75) is 32.8 Å². The Morgan fingerprint density at radius 1 is 1.39 bits per heavy atom. The van der Waals surface area contributed by atoms with E-state index >= 15 is 0 Å². The molecule has 2 amide bonds. The van der Waals surface area contributed by atoms with Crippen molar-refractivity contribution >= 4 is 23.2 Å². The highest BCUT2D eigenvalue weighted by Gasteiger charge is 2.26. The first-order valence-corrected chi connectivity index (χ1v) is 8.08. The van der Waals surface area contributed by atoms with Gasteiger partial charge in [-0.25, -0.2) is 0 Å². The van der Waals surface area contributed by atoms with Crippen molar-refractivity contribution in [2.24, 2.45) is 0 Å². The number of hydrogen-bond donors (Lipinski definition) is 2. The van der Waals surface area contributed by atoms with E-state index in [1.807, 2.05) is 26.0 Å². The average molecular weight is 317 g/mol. The molecule has 0 saturated carbocycles. The number of anilines is 2. The fraction of sp³-hybridized carbons (Fsp3) is 0.529. The van der Waals surface area contributed by atoms with Crippen LogP contribution in [0.25, 0.3) is 0 Å². The van der Waals surface area contributed by atoms with Gasteiger partial charge in [-0.2, -0.15) is 0 Å². The lowest BCUT2D eigenvalue weighted by atomic mass is 10.1. The summed E-state index contributed by atoms with van der Waals surface area (Å²) in [4.78, 5) is 26.0. The molecule has 2 heterocycles. The van der Waals surface area contributed by atoms with E-state index in [9.17, 15) is 9.59 Å². The predicted molar refractivity (Wildman–Crippen MR) is 88.7 cm³/mol. The van der Waals surface area contributed by atoms with Gasteiger partial charge in [0.05, 0.1) is 24.0 Å². The van der Waals surface area contributed by atoms with Crippen molar-refractivity contribution in [1.82, 2.24) is 5.32 Å². The van der Waals surface area contributed by atoms with Gasteiger partial charge in [-0.15, -0.1) is 0 Å². The standard InChI is InChI=1S/C17H23N3O3/c1-11-6-14-15(7-12(11)2)20(17(22)9-18-14)10-16(21)19-8-13-4-3-5-23-13/h6-7,13,18H,3-5,8-10H2,1-2H3,(H,19,21). The molecule has 0 radical (unpaired) electrons. The molecule has 2 aliphatic rings. The van der Waals surface area contributed by atoms with Gasteiger partial charge in [0.25, 0.3) is 0 Å². The number of carbonyl (C=O) groups is 2. The molecule has 2 N–H and O–H groups in total. The van der Waals surface area contributed by atoms with E-state index in [2.05, 4.69) is 10.6 Å². The molecule has 6 nitrogen and oxygen atoms in total. The summed E-state index contributed by atoms with van der Waals surface area (Å²) in [5.41, 5.74) is 3.94. The number of carbonyl (C=O) groups excluding carboxylic acids is 2. The lowest BCUT2D eigenvalue weighted by molar-refractivity contribution is -0.123. The minimum absolute atomic E-state index is 0.0444. The van der Waals surface area contributed by atoms with E-state index in [1.54, 1.807) is 4.90 Å². The molecule has 1 aromatic rings. The molecule has 1 atom stereocenters. The smallest absolute Gasteiger partial charge is 0.246 e. The second kappa shape index (κ2) is 6.58. The van der Waals surface area contributed by atoms with Crippen LogP contribution in [0, 0.1) is 13.8 Å². The van der Waals surface area contributed by atoms with Crippen LogP contribution in [-0.2, 0) is 14.3 Å². The summed E-state index contributed by atoms with van der Waals surface area (Å²) in [5.74, 6) is -0.243. The fourth-order valence-electron chi connectivity index (χ4n) is 2.97.